The van der Waals surface area contributed by atoms with Gasteiger partial charge in [-0.15, -0.1) is 0 Å². The third kappa shape index (κ3) is 5.61. The molecule has 1 saturated heterocycles. The van der Waals surface area contributed by atoms with Gasteiger partial charge in [0.25, 0.3) is 5.91 Å². The van der Waals surface area contributed by atoms with Crippen molar-refractivity contribution in [2.75, 3.05) is 46.8 Å². The number of hydrogen-bond acceptors (Lipinski definition) is 4. The number of likely N-dealkylation sites (N-methyl/N-ethyl adjacent to an activating group) is 1. The van der Waals surface area contributed by atoms with Crippen LogP contribution in [0.5, 0.6) is 0 Å². The fourth-order valence-corrected chi connectivity index (χ4v) is 3.99. The monoisotopic (exact) mass is 465 g/mol. The number of halogens is 1. The average molecular weight is 466 g/mol. The summed E-state index contributed by atoms with van der Waals surface area (Å²) in [4.78, 5) is 31.1. The molecule has 8 heteroatoms. The molecule has 0 N–H and O–H groups in total. The van der Waals surface area contributed by atoms with Crippen molar-refractivity contribution in [3.8, 4) is 11.3 Å². The third-order valence-corrected chi connectivity index (χ3v) is 6.07. The van der Waals surface area contributed by atoms with Gasteiger partial charge in [-0.2, -0.15) is 5.10 Å². The molecule has 1 aliphatic heterocycles. The van der Waals surface area contributed by atoms with E-state index in [2.05, 4.69) is 4.90 Å². The van der Waals surface area contributed by atoms with E-state index >= 15 is 0 Å². The van der Waals surface area contributed by atoms with Crippen LogP contribution >= 0.6 is 11.6 Å². The molecule has 33 heavy (non-hydrogen) atoms. The van der Waals surface area contributed by atoms with E-state index < -0.39 is 0 Å². The molecule has 2 aromatic carbocycles. The second kappa shape index (κ2) is 10.2. The van der Waals surface area contributed by atoms with Crippen molar-refractivity contribution < 1.29 is 9.59 Å². The smallest absolute Gasteiger partial charge is 0.257 e. The van der Waals surface area contributed by atoms with Crippen molar-refractivity contribution in [3.63, 3.8) is 0 Å². The SMILES string of the molecule is CN(C)C(=O)CN1CCN(C(=O)c2cn(Cc3ccccc3)nc2-c2ccc(Cl)cc2)CC1. The highest BCUT2D eigenvalue weighted by atomic mass is 35.5. The van der Waals surface area contributed by atoms with Gasteiger partial charge >= 0.3 is 0 Å². The van der Waals surface area contributed by atoms with E-state index in [1.54, 1.807) is 19.0 Å². The molecule has 1 aromatic heterocycles. The molecule has 1 aliphatic rings. The van der Waals surface area contributed by atoms with Gasteiger partial charge in [0.2, 0.25) is 5.91 Å². The van der Waals surface area contributed by atoms with E-state index in [9.17, 15) is 9.59 Å². The molecule has 4 rings (SSSR count). The van der Waals surface area contributed by atoms with Crippen LogP contribution in [0.15, 0.2) is 60.8 Å². The number of benzene rings is 2. The second-order valence-electron chi connectivity index (χ2n) is 8.44. The summed E-state index contributed by atoms with van der Waals surface area (Å²) in [6.07, 6.45) is 1.83. The quantitative estimate of drug-likeness (QED) is 0.561. The van der Waals surface area contributed by atoms with Crippen LogP contribution in [-0.4, -0.2) is 83.1 Å². The summed E-state index contributed by atoms with van der Waals surface area (Å²) >= 11 is 6.07. The Morgan fingerprint density at radius 2 is 1.64 bits per heavy atom. The summed E-state index contributed by atoms with van der Waals surface area (Å²) in [5, 5.41) is 5.40. The third-order valence-electron chi connectivity index (χ3n) is 5.81. The van der Waals surface area contributed by atoms with Crippen molar-refractivity contribution >= 4 is 23.4 Å². The van der Waals surface area contributed by atoms with Crippen molar-refractivity contribution in [1.29, 1.82) is 0 Å². The molecule has 0 bridgehead atoms. The van der Waals surface area contributed by atoms with E-state index in [0.717, 1.165) is 11.1 Å². The van der Waals surface area contributed by atoms with E-state index in [-0.39, 0.29) is 11.8 Å². The molecule has 2 amide bonds. The zero-order chi connectivity index (χ0) is 23.4. The molecule has 0 saturated carbocycles. The summed E-state index contributed by atoms with van der Waals surface area (Å²) in [5.41, 5.74) is 3.19. The van der Waals surface area contributed by atoms with Gasteiger partial charge in [0.15, 0.2) is 0 Å². The van der Waals surface area contributed by atoms with Gasteiger partial charge < -0.3 is 9.80 Å². The Hall–Kier alpha value is -3.16. The summed E-state index contributed by atoms with van der Waals surface area (Å²) in [5.74, 6) is 0.0276. The number of rotatable bonds is 6. The maximum atomic E-state index is 13.5. The summed E-state index contributed by atoms with van der Waals surface area (Å²) < 4.78 is 1.82. The number of carbonyl (C=O) groups excluding carboxylic acids is 2. The maximum absolute atomic E-state index is 13.5. The number of amides is 2. The van der Waals surface area contributed by atoms with E-state index in [4.69, 9.17) is 16.7 Å². The molecule has 0 spiro atoms. The highest BCUT2D eigenvalue weighted by Gasteiger charge is 2.27. The van der Waals surface area contributed by atoms with Crippen LogP contribution in [0.25, 0.3) is 11.3 Å². The van der Waals surface area contributed by atoms with Crippen LogP contribution in [0.4, 0.5) is 0 Å². The molecular formula is C25H28ClN5O2. The number of aromatic nitrogens is 2. The number of nitrogens with zero attached hydrogens (tertiary/aromatic N) is 5. The highest BCUT2D eigenvalue weighted by Crippen LogP contribution is 2.26. The molecule has 7 nitrogen and oxygen atoms in total. The summed E-state index contributed by atoms with van der Waals surface area (Å²) in [7, 11) is 3.51. The molecule has 2 heterocycles. The number of carbonyl (C=O) groups is 2. The molecule has 0 radical (unpaired) electrons. The Kier molecular flexibility index (Phi) is 7.11. The minimum atomic E-state index is -0.0437. The number of piperazine rings is 1. The minimum Gasteiger partial charge on any atom is -0.348 e. The van der Waals surface area contributed by atoms with Gasteiger partial charge in [-0.05, 0) is 17.7 Å². The summed E-state index contributed by atoms with van der Waals surface area (Å²) in [6.45, 7) is 3.43. The molecule has 3 aromatic rings. The van der Waals surface area contributed by atoms with Crippen molar-refractivity contribution in [2.45, 2.75) is 6.54 Å². The van der Waals surface area contributed by atoms with E-state index in [0.29, 0.717) is 55.5 Å². The molecular weight excluding hydrogens is 438 g/mol. The lowest BCUT2D eigenvalue weighted by Crippen LogP contribution is -2.51. The first-order valence-corrected chi connectivity index (χ1v) is 11.4. The van der Waals surface area contributed by atoms with Crippen LogP contribution in [-0.2, 0) is 11.3 Å². The molecule has 0 unspecified atom stereocenters. The normalized spacial score (nSPS) is 14.3. The highest BCUT2D eigenvalue weighted by molar-refractivity contribution is 6.30. The minimum absolute atomic E-state index is 0.0437. The fraction of sp³-hybridized carbons (Fsp3) is 0.320. The van der Waals surface area contributed by atoms with Crippen molar-refractivity contribution in [2.24, 2.45) is 0 Å². The second-order valence-corrected chi connectivity index (χ2v) is 8.87. The van der Waals surface area contributed by atoms with Crippen molar-refractivity contribution in [1.82, 2.24) is 24.5 Å². The van der Waals surface area contributed by atoms with Crippen LogP contribution in [0, 0.1) is 0 Å². The molecule has 172 valence electrons. The molecule has 1 fully saturated rings. The molecule has 0 aliphatic carbocycles. The Morgan fingerprint density at radius 3 is 2.27 bits per heavy atom. The Balaban J connectivity index is 1.54. The van der Waals surface area contributed by atoms with Crippen LogP contribution < -0.4 is 0 Å². The predicted molar refractivity (Wildman–Crippen MR) is 129 cm³/mol. The standard InChI is InChI=1S/C25H28ClN5O2/c1-28(2)23(32)18-29-12-14-30(15-13-29)25(33)22-17-31(16-19-6-4-3-5-7-19)27-24(22)20-8-10-21(26)11-9-20/h3-11,17H,12-16,18H2,1-2H3. The lowest BCUT2D eigenvalue weighted by atomic mass is 10.1. The van der Waals surface area contributed by atoms with Gasteiger partial charge in [-0.3, -0.25) is 19.2 Å². The van der Waals surface area contributed by atoms with Crippen molar-refractivity contribution in [3.05, 3.63) is 76.9 Å². The largest absolute Gasteiger partial charge is 0.348 e. The maximum Gasteiger partial charge on any atom is 0.257 e. The first-order valence-electron chi connectivity index (χ1n) is 11.0. The zero-order valence-corrected chi connectivity index (χ0v) is 19.7. The topological polar surface area (TPSA) is 61.7 Å². The Labute approximate surface area is 199 Å². The first-order chi connectivity index (χ1) is 15.9. The van der Waals surface area contributed by atoms with E-state index in [1.165, 1.54) is 0 Å². The fourth-order valence-electron chi connectivity index (χ4n) is 3.86. The molecule has 0 atom stereocenters. The zero-order valence-electron chi connectivity index (χ0n) is 18.9. The van der Waals surface area contributed by atoms with Gasteiger partial charge in [-0.25, -0.2) is 0 Å². The van der Waals surface area contributed by atoms with Gasteiger partial charge in [0.1, 0.15) is 5.69 Å². The van der Waals surface area contributed by atoms with Crippen LogP contribution in [0.3, 0.4) is 0 Å². The number of hydrogen-bond donors (Lipinski definition) is 0. The van der Waals surface area contributed by atoms with Gasteiger partial charge in [-0.1, -0.05) is 54.1 Å². The predicted octanol–water partition coefficient (Wildman–Crippen LogP) is 3.10. The Morgan fingerprint density at radius 1 is 0.970 bits per heavy atom. The lowest BCUT2D eigenvalue weighted by Gasteiger charge is -2.34. The average Bonchev–Trinajstić information content (AvgIpc) is 3.23. The van der Waals surface area contributed by atoms with Crippen LogP contribution in [0.2, 0.25) is 5.02 Å². The van der Waals surface area contributed by atoms with Gasteiger partial charge in [0.05, 0.1) is 18.7 Å². The van der Waals surface area contributed by atoms with Crippen LogP contribution in [0.1, 0.15) is 15.9 Å². The first kappa shape index (κ1) is 23.0. The lowest BCUT2D eigenvalue weighted by molar-refractivity contribution is -0.130. The summed E-state index contributed by atoms with van der Waals surface area (Å²) in [6, 6.07) is 17.4. The Bertz CT molecular complexity index is 1100. The van der Waals surface area contributed by atoms with E-state index in [1.807, 2.05) is 70.4 Å². The van der Waals surface area contributed by atoms with Gasteiger partial charge in [0, 0.05) is 57.1 Å².